The second-order valence-corrected chi connectivity index (χ2v) is 7.23. The Morgan fingerprint density at radius 1 is 1.20 bits per heavy atom. The Morgan fingerprint density at radius 3 is 2.65 bits per heavy atom. The molecule has 0 unspecified atom stereocenters. The van der Waals surface area contributed by atoms with Gasteiger partial charge in [0.1, 0.15) is 4.88 Å². The fourth-order valence-electron chi connectivity index (χ4n) is 1.81. The second-order valence-electron chi connectivity index (χ2n) is 4.14. The summed E-state index contributed by atoms with van der Waals surface area (Å²) in [4.78, 5) is 24.0. The van der Waals surface area contributed by atoms with Crippen molar-refractivity contribution >= 4 is 60.3 Å². The van der Waals surface area contributed by atoms with Crippen molar-refractivity contribution in [1.82, 2.24) is 0 Å². The number of amides is 1. The van der Waals surface area contributed by atoms with Crippen LogP contribution in [0.25, 0.3) is 9.40 Å². The quantitative estimate of drug-likeness (QED) is 0.756. The number of anilines is 1. The van der Waals surface area contributed by atoms with Crippen molar-refractivity contribution in [1.29, 1.82) is 0 Å². The Hall–Kier alpha value is -1.70. The Labute approximate surface area is 126 Å². The van der Waals surface area contributed by atoms with E-state index in [0.29, 0.717) is 15.4 Å². The number of nitrogens with one attached hydrogen (secondary N) is 1. The maximum atomic E-state index is 12.1. The van der Waals surface area contributed by atoms with Crippen LogP contribution in [0.15, 0.2) is 23.6 Å². The molecule has 102 valence electrons. The summed E-state index contributed by atoms with van der Waals surface area (Å²) >= 11 is 4.11. The third kappa shape index (κ3) is 2.35. The third-order valence-electron chi connectivity index (χ3n) is 2.71. The van der Waals surface area contributed by atoms with Crippen LogP contribution in [0.4, 0.5) is 5.00 Å². The predicted octanol–water partition coefficient (Wildman–Crippen LogP) is 4.28. The summed E-state index contributed by atoms with van der Waals surface area (Å²) in [5.41, 5.74) is 0.657. The number of carbonyl (C=O) groups excluding carboxylic acids is 1. The van der Waals surface area contributed by atoms with E-state index in [-0.39, 0.29) is 10.8 Å². The minimum Gasteiger partial charge on any atom is -0.477 e. The second kappa shape index (κ2) is 5.01. The van der Waals surface area contributed by atoms with Gasteiger partial charge in [0.05, 0.1) is 9.88 Å². The van der Waals surface area contributed by atoms with Crippen LogP contribution in [0.3, 0.4) is 0 Å². The largest absolute Gasteiger partial charge is 0.477 e. The summed E-state index contributed by atoms with van der Waals surface area (Å²) in [6.45, 7) is 1.72. The topological polar surface area (TPSA) is 66.4 Å². The van der Waals surface area contributed by atoms with E-state index in [1.807, 2.05) is 17.5 Å². The highest BCUT2D eigenvalue weighted by atomic mass is 32.1. The average Bonchev–Trinajstić information content (AvgIpc) is 3.01. The van der Waals surface area contributed by atoms with Crippen molar-refractivity contribution in [2.45, 2.75) is 6.92 Å². The van der Waals surface area contributed by atoms with E-state index in [9.17, 15) is 9.59 Å². The van der Waals surface area contributed by atoms with E-state index in [1.165, 1.54) is 11.3 Å². The van der Waals surface area contributed by atoms with Crippen molar-refractivity contribution in [3.8, 4) is 0 Å². The van der Waals surface area contributed by atoms with E-state index in [4.69, 9.17) is 5.11 Å². The fourth-order valence-corrected chi connectivity index (χ4v) is 4.72. The lowest BCUT2D eigenvalue weighted by Crippen LogP contribution is -2.08. The van der Waals surface area contributed by atoms with E-state index >= 15 is 0 Å². The van der Waals surface area contributed by atoms with Crippen LogP contribution in [0.2, 0.25) is 0 Å². The normalized spacial score (nSPS) is 10.8. The predicted molar refractivity (Wildman–Crippen MR) is 83.7 cm³/mol. The molecule has 0 aliphatic heterocycles. The van der Waals surface area contributed by atoms with Gasteiger partial charge in [0, 0.05) is 9.40 Å². The number of aromatic carboxylic acids is 1. The zero-order valence-corrected chi connectivity index (χ0v) is 12.7. The molecule has 0 fully saturated rings. The molecular formula is C13H9NO3S3. The van der Waals surface area contributed by atoms with E-state index < -0.39 is 5.97 Å². The van der Waals surface area contributed by atoms with Gasteiger partial charge in [0.25, 0.3) is 5.91 Å². The zero-order valence-electron chi connectivity index (χ0n) is 10.3. The van der Waals surface area contributed by atoms with Gasteiger partial charge < -0.3 is 10.4 Å². The molecule has 3 aromatic rings. The Bertz CT molecular complexity index is 783. The molecule has 20 heavy (non-hydrogen) atoms. The third-order valence-corrected chi connectivity index (χ3v) is 5.94. The Kier molecular flexibility index (Phi) is 3.33. The van der Waals surface area contributed by atoms with Crippen LogP contribution in [0.5, 0.6) is 0 Å². The highest BCUT2D eigenvalue weighted by Gasteiger charge is 2.16. The van der Waals surface area contributed by atoms with Crippen LogP contribution in [0.1, 0.15) is 24.9 Å². The minimum atomic E-state index is -0.968. The molecule has 0 radical (unpaired) electrons. The highest BCUT2D eigenvalue weighted by Crippen LogP contribution is 2.31. The van der Waals surface area contributed by atoms with Gasteiger partial charge in [-0.05, 0) is 36.1 Å². The number of hydrogen-bond donors (Lipinski definition) is 2. The summed E-state index contributed by atoms with van der Waals surface area (Å²) in [5.74, 6) is -1.17. The van der Waals surface area contributed by atoms with Crippen molar-refractivity contribution in [2.75, 3.05) is 5.32 Å². The summed E-state index contributed by atoms with van der Waals surface area (Å²) in [6, 6.07) is 5.53. The minimum absolute atomic E-state index is 0.198. The molecular weight excluding hydrogens is 314 g/mol. The number of carboxylic acid groups (broad SMARTS) is 1. The monoisotopic (exact) mass is 323 g/mol. The van der Waals surface area contributed by atoms with Gasteiger partial charge in [-0.1, -0.05) is 0 Å². The molecule has 0 aromatic carbocycles. The van der Waals surface area contributed by atoms with Gasteiger partial charge in [0.15, 0.2) is 0 Å². The van der Waals surface area contributed by atoms with Gasteiger partial charge in [0.2, 0.25) is 0 Å². The van der Waals surface area contributed by atoms with Crippen LogP contribution < -0.4 is 5.32 Å². The number of hydrogen-bond acceptors (Lipinski definition) is 5. The van der Waals surface area contributed by atoms with Gasteiger partial charge in [-0.25, -0.2) is 4.79 Å². The van der Waals surface area contributed by atoms with Gasteiger partial charge in [-0.15, -0.1) is 34.0 Å². The number of aryl methyl sites for hydroxylation is 1. The average molecular weight is 323 g/mol. The van der Waals surface area contributed by atoms with Crippen LogP contribution in [-0.2, 0) is 0 Å². The number of carboxylic acids is 1. The lowest BCUT2D eigenvalue weighted by molar-refractivity contribution is 0.0701. The molecule has 4 nitrogen and oxygen atoms in total. The zero-order chi connectivity index (χ0) is 14.3. The Morgan fingerprint density at radius 2 is 2.00 bits per heavy atom. The smallest absolute Gasteiger partial charge is 0.346 e. The van der Waals surface area contributed by atoms with Gasteiger partial charge >= 0.3 is 5.97 Å². The summed E-state index contributed by atoms with van der Waals surface area (Å²) < 4.78 is 2.18. The van der Waals surface area contributed by atoms with Crippen molar-refractivity contribution in [2.24, 2.45) is 0 Å². The first-order valence-electron chi connectivity index (χ1n) is 5.66. The molecule has 7 heteroatoms. The first kappa shape index (κ1) is 13.3. The molecule has 2 N–H and O–H groups in total. The van der Waals surface area contributed by atoms with Crippen molar-refractivity contribution in [3.63, 3.8) is 0 Å². The first-order chi connectivity index (χ1) is 9.54. The maximum Gasteiger partial charge on any atom is 0.346 e. The van der Waals surface area contributed by atoms with Gasteiger partial charge in [-0.2, -0.15) is 0 Å². The summed E-state index contributed by atoms with van der Waals surface area (Å²) in [5, 5.41) is 14.3. The lowest BCUT2D eigenvalue weighted by atomic mass is 10.3. The Balaban J connectivity index is 1.83. The molecule has 0 saturated carbocycles. The number of carbonyl (C=O) groups is 2. The lowest BCUT2D eigenvalue weighted by Gasteiger charge is -1.98. The molecule has 0 spiro atoms. The number of rotatable bonds is 3. The van der Waals surface area contributed by atoms with E-state index in [2.05, 4.69) is 5.32 Å². The number of thiophene rings is 3. The van der Waals surface area contributed by atoms with E-state index in [1.54, 1.807) is 24.3 Å². The molecule has 3 rings (SSSR count). The first-order valence-corrected chi connectivity index (χ1v) is 8.18. The van der Waals surface area contributed by atoms with Crippen molar-refractivity contribution in [3.05, 3.63) is 38.9 Å². The van der Waals surface area contributed by atoms with Gasteiger partial charge in [-0.3, -0.25) is 4.79 Å². The molecule has 0 aliphatic carbocycles. The molecule has 0 atom stereocenters. The summed E-state index contributed by atoms with van der Waals surface area (Å²) in [6.07, 6.45) is 0. The number of fused-ring (bicyclic) bond motifs is 1. The summed E-state index contributed by atoms with van der Waals surface area (Å²) in [7, 11) is 0. The molecule has 0 bridgehead atoms. The van der Waals surface area contributed by atoms with Crippen LogP contribution in [-0.4, -0.2) is 17.0 Å². The molecule has 3 aromatic heterocycles. The maximum absolute atomic E-state index is 12.1. The molecule has 0 aliphatic rings. The van der Waals surface area contributed by atoms with Crippen LogP contribution in [0, 0.1) is 6.92 Å². The molecule has 0 saturated heterocycles. The van der Waals surface area contributed by atoms with Crippen molar-refractivity contribution < 1.29 is 14.7 Å². The standard InChI is InChI=1S/C13H9NO3S3/c1-6-4-10(20-11(6)13(16)17)14-12(15)9-5-8-7(19-9)2-3-18-8/h2-5H,1H3,(H,14,15)(H,16,17). The fraction of sp³-hybridized carbons (Fsp3) is 0.0769. The SMILES string of the molecule is Cc1cc(NC(=O)c2cc3sccc3s2)sc1C(=O)O. The van der Waals surface area contributed by atoms with E-state index in [0.717, 1.165) is 20.7 Å². The highest BCUT2D eigenvalue weighted by molar-refractivity contribution is 7.28. The molecule has 3 heterocycles. The van der Waals surface area contributed by atoms with Crippen LogP contribution >= 0.6 is 34.0 Å². The molecule has 1 amide bonds.